The summed E-state index contributed by atoms with van der Waals surface area (Å²) in [7, 11) is 0. The zero-order valence-corrected chi connectivity index (χ0v) is 12.5. The molecule has 2 amide bonds. The van der Waals surface area contributed by atoms with E-state index in [1.54, 1.807) is 18.2 Å². The van der Waals surface area contributed by atoms with Crippen molar-refractivity contribution in [1.82, 2.24) is 4.90 Å². The first kappa shape index (κ1) is 16.2. The van der Waals surface area contributed by atoms with Gasteiger partial charge in [0.15, 0.2) is 0 Å². The summed E-state index contributed by atoms with van der Waals surface area (Å²) in [5.74, 6) is -0.302. The summed E-state index contributed by atoms with van der Waals surface area (Å²) in [6.45, 7) is 0.471. The highest BCUT2D eigenvalue weighted by Crippen LogP contribution is 2.30. The molecule has 0 atom stereocenters. The number of imide groups is 1. The largest absolute Gasteiger partial charge is 0.329 e. The normalized spacial score (nSPS) is 16.6. The van der Waals surface area contributed by atoms with Crippen molar-refractivity contribution in [3.63, 3.8) is 0 Å². The van der Waals surface area contributed by atoms with Crippen molar-refractivity contribution in [1.29, 1.82) is 0 Å². The number of carbonyl (C=O) groups is 2. The van der Waals surface area contributed by atoms with Gasteiger partial charge in [-0.2, -0.15) is 0 Å². The number of nitrogens with zero attached hydrogens (tertiary/aromatic N) is 2. The Labute approximate surface area is 131 Å². The molecule has 8 heteroatoms. The molecule has 1 fully saturated rings. The lowest BCUT2D eigenvalue weighted by Crippen LogP contribution is -2.33. The number of nitrogens with two attached hydrogens (primary N) is 1. The number of nitro benzene ring substituents is 1. The van der Waals surface area contributed by atoms with Gasteiger partial charge in [-0.05, 0) is 30.2 Å². The summed E-state index contributed by atoms with van der Waals surface area (Å²) in [5.41, 5.74) is 6.35. The number of carbonyl (C=O) groups excluding carboxylic acids is 2. The molecule has 22 heavy (non-hydrogen) atoms. The van der Waals surface area contributed by atoms with E-state index in [0.29, 0.717) is 17.7 Å². The molecule has 0 spiro atoms. The third kappa shape index (κ3) is 3.71. The van der Waals surface area contributed by atoms with Crippen LogP contribution >= 0.6 is 11.8 Å². The molecule has 1 aliphatic rings. The van der Waals surface area contributed by atoms with Crippen LogP contribution in [0.5, 0.6) is 0 Å². The Balaban J connectivity index is 1.94. The van der Waals surface area contributed by atoms with Crippen LogP contribution in [0.4, 0.5) is 10.5 Å². The second-order valence-electron chi connectivity index (χ2n) is 4.64. The van der Waals surface area contributed by atoms with E-state index in [0.717, 1.165) is 22.2 Å². The van der Waals surface area contributed by atoms with Gasteiger partial charge in [-0.3, -0.25) is 24.6 Å². The predicted octanol–water partition coefficient (Wildman–Crippen LogP) is 2.07. The van der Waals surface area contributed by atoms with Gasteiger partial charge >= 0.3 is 0 Å². The molecule has 0 aliphatic carbocycles. The van der Waals surface area contributed by atoms with Gasteiger partial charge < -0.3 is 5.73 Å². The second-order valence-corrected chi connectivity index (χ2v) is 5.64. The molecule has 1 saturated heterocycles. The number of allylic oxidation sites excluding steroid dienone is 1. The molecule has 1 aromatic rings. The van der Waals surface area contributed by atoms with Crippen LogP contribution in [-0.2, 0) is 11.2 Å². The number of hydrogen-bond acceptors (Lipinski definition) is 6. The fourth-order valence-corrected chi connectivity index (χ4v) is 2.89. The van der Waals surface area contributed by atoms with Crippen LogP contribution in [0.15, 0.2) is 35.2 Å². The Morgan fingerprint density at radius 2 is 1.95 bits per heavy atom. The third-order valence-electron chi connectivity index (χ3n) is 3.14. The van der Waals surface area contributed by atoms with Crippen molar-refractivity contribution in [3.8, 4) is 0 Å². The van der Waals surface area contributed by atoms with Crippen LogP contribution in [0.1, 0.15) is 12.0 Å². The van der Waals surface area contributed by atoms with Crippen LogP contribution < -0.4 is 5.73 Å². The molecule has 0 saturated carbocycles. The molecule has 1 aliphatic heterocycles. The molecule has 0 radical (unpaired) electrons. The van der Waals surface area contributed by atoms with Crippen LogP contribution in [-0.4, -0.2) is 34.1 Å². The standard InChI is InChI=1S/C14H15N3O4S/c15-8-9-16-13(18)12(22-14(16)19)3-1-2-10-4-6-11(7-5-10)17(20)21/h3-7H,1-2,8-9,15H2/b12-3+. The summed E-state index contributed by atoms with van der Waals surface area (Å²) in [6, 6.07) is 6.27. The van der Waals surface area contributed by atoms with E-state index >= 15 is 0 Å². The zero-order valence-electron chi connectivity index (χ0n) is 11.7. The van der Waals surface area contributed by atoms with Gasteiger partial charge in [0, 0.05) is 25.2 Å². The molecule has 0 aromatic heterocycles. The Kier molecular flexibility index (Phi) is 5.29. The molecule has 7 nitrogen and oxygen atoms in total. The van der Waals surface area contributed by atoms with Crippen molar-refractivity contribution in [2.75, 3.05) is 13.1 Å². The highest BCUT2D eigenvalue weighted by atomic mass is 32.2. The topological polar surface area (TPSA) is 107 Å². The van der Waals surface area contributed by atoms with Crippen LogP contribution in [0, 0.1) is 10.1 Å². The van der Waals surface area contributed by atoms with Gasteiger partial charge in [-0.15, -0.1) is 0 Å². The lowest BCUT2D eigenvalue weighted by Gasteiger charge is -2.09. The Bertz CT molecular complexity index is 627. The van der Waals surface area contributed by atoms with E-state index < -0.39 is 4.92 Å². The van der Waals surface area contributed by atoms with E-state index in [1.165, 1.54) is 12.1 Å². The maximum Gasteiger partial charge on any atom is 0.293 e. The summed E-state index contributed by atoms with van der Waals surface area (Å²) in [6.07, 6.45) is 2.94. The molecular formula is C14H15N3O4S. The average molecular weight is 321 g/mol. The minimum atomic E-state index is -0.447. The van der Waals surface area contributed by atoms with E-state index in [4.69, 9.17) is 5.73 Å². The highest BCUT2D eigenvalue weighted by molar-refractivity contribution is 8.18. The van der Waals surface area contributed by atoms with E-state index in [1.807, 2.05) is 0 Å². The molecule has 2 N–H and O–H groups in total. The van der Waals surface area contributed by atoms with Gasteiger partial charge in [-0.1, -0.05) is 18.2 Å². The van der Waals surface area contributed by atoms with Gasteiger partial charge in [0.1, 0.15) is 0 Å². The smallest absolute Gasteiger partial charge is 0.293 e. The van der Waals surface area contributed by atoms with Gasteiger partial charge in [-0.25, -0.2) is 0 Å². The summed E-state index contributed by atoms with van der Waals surface area (Å²) in [5, 5.41) is 10.3. The van der Waals surface area contributed by atoms with Crippen molar-refractivity contribution < 1.29 is 14.5 Å². The van der Waals surface area contributed by atoms with Crippen molar-refractivity contribution in [2.24, 2.45) is 5.73 Å². The van der Waals surface area contributed by atoms with E-state index in [9.17, 15) is 19.7 Å². The molecule has 116 valence electrons. The Hall–Kier alpha value is -2.19. The maximum absolute atomic E-state index is 12.0. The van der Waals surface area contributed by atoms with Crippen LogP contribution in [0.2, 0.25) is 0 Å². The maximum atomic E-state index is 12.0. The monoisotopic (exact) mass is 321 g/mol. The first-order valence-electron chi connectivity index (χ1n) is 6.70. The molecular weight excluding hydrogens is 306 g/mol. The van der Waals surface area contributed by atoms with Gasteiger partial charge in [0.2, 0.25) is 0 Å². The van der Waals surface area contributed by atoms with E-state index in [-0.39, 0.29) is 29.9 Å². The van der Waals surface area contributed by atoms with Crippen molar-refractivity contribution in [3.05, 3.63) is 50.9 Å². The zero-order chi connectivity index (χ0) is 16.1. The number of hydrogen-bond donors (Lipinski definition) is 1. The third-order valence-corrected chi connectivity index (χ3v) is 4.09. The van der Waals surface area contributed by atoms with Crippen LogP contribution in [0.25, 0.3) is 0 Å². The molecule has 0 bridgehead atoms. The van der Waals surface area contributed by atoms with Crippen molar-refractivity contribution in [2.45, 2.75) is 12.8 Å². The number of aryl methyl sites for hydroxylation is 1. The summed E-state index contributed by atoms with van der Waals surface area (Å²) >= 11 is 0.917. The molecule has 1 aromatic carbocycles. The number of non-ortho nitro benzene ring substituents is 1. The number of rotatable bonds is 6. The lowest BCUT2D eigenvalue weighted by atomic mass is 10.1. The number of thioether (sulfide) groups is 1. The number of benzene rings is 1. The Morgan fingerprint density at radius 3 is 2.55 bits per heavy atom. The predicted molar refractivity (Wildman–Crippen MR) is 83.3 cm³/mol. The number of nitro groups is 1. The SMILES string of the molecule is NCCN1C(=O)S/C(=C/CCc2ccc([N+](=O)[O-])cc2)C1=O. The Morgan fingerprint density at radius 1 is 1.27 bits per heavy atom. The molecule has 1 heterocycles. The molecule has 2 rings (SSSR count). The fourth-order valence-electron chi connectivity index (χ4n) is 2.01. The first-order valence-corrected chi connectivity index (χ1v) is 7.52. The quantitative estimate of drug-likeness (QED) is 0.488. The average Bonchev–Trinajstić information content (AvgIpc) is 2.76. The summed E-state index contributed by atoms with van der Waals surface area (Å²) in [4.78, 5) is 35.3. The van der Waals surface area contributed by atoms with Gasteiger partial charge in [0.25, 0.3) is 16.8 Å². The van der Waals surface area contributed by atoms with Crippen molar-refractivity contribution >= 4 is 28.6 Å². The van der Waals surface area contributed by atoms with E-state index in [2.05, 4.69) is 0 Å². The minimum Gasteiger partial charge on any atom is -0.329 e. The number of amides is 2. The highest BCUT2D eigenvalue weighted by Gasteiger charge is 2.33. The van der Waals surface area contributed by atoms with Crippen LogP contribution in [0.3, 0.4) is 0 Å². The minimum absolute atomic E-state index is 0.0478. The van der Waals surface area contributed by atoms with Gasteiger partial charge in [0.05, 0.1) is 9.83 Å². The summed E-state index contributed by atoms with van der Waals surface area (Å²) < 4.78 is 0. The fraction of sp³-hybridized carbons (Fsp3) is 0.286. The molecule has 0 unspecified atom stereocenters. The second kappa shape index (κ2) is 7.19. The lowest BCUT2D eigenvalue weighted by molar-refractivity contribution is -0.384. The first-order chi connectivity index (χ1) is 10.5.